The Kier molecular flexibility index (Phi) is 3.72. The van der Waals surface area contributed by atoms with Gasteiger partial charge < -0.3 is 4.90 Å². The molecule has 0 bridgehead atoms. The topological polar surface area (TPSA) is 20.3 Å². The highest BCUT2D eigenvalue weighted by atomic mass is 35.5. The minimum atomic E-state index is -3.76. The van der Waals surface area contributed by atoms with E-state index in [1.807, 2.05) is 0 Å². The van der Waals surface area contributed by atoms with Crippen molar-refractivity contribution in [2.75, 3.05) is 13.6 Å². The average Bonchev–Trinajstić information content (AvgIpc) is 1.85. The molecule has 0 radical (unpaired) electrons. The lowest BCUT2D eigenvalue weighted by Gasteiger charge is -2.18. The highest BCUT2D eigenvalue weighted by Gasteiger charge is 2.37. The molecule has 0 aromatic carbocycles. The first-order chi connectivity index (χ1) is 4.89. The number of amides is 1. The number of carbonyl (C=O) groups is 1. The summed E-state index contributed by atoms with van der Waals surface area (Å²) in [4.78, 5) is 11.5. The van der Waals surface area contributed by atoms with Crippen LogP contribution in [0.25, 0.3) is 0 Å². The molecule has 0 saturated heterocycles. The first-order valence-electron chi connectivity index (χ1n) is 3.22. The van der Waals surface area contributed by atoms with E-state index in [2.05, 4.69) is 11.6 Å². The molecule has 2 nitrogen and oxygen atoms in total. The van der Waals surface area contributed by atoms with Gasteiger partial charge in [-0.25, -0.2) is 0 Å². The van der Waals surface area contributed by atoms with Gasteiger partial charge in [-0.15, -0.1) is 0 Å². The van der Waals surface area contributed by atoms with Gasteiger partial charge in [0.2, 0.25) is 0 Å². The second kappa shape index (κ2) is 3.85. The van der Waals surface area contributed by atoms with Gasteiger partial charge in [0, 0.05) is 13.6 Å². The van der Waals surface area contributed by atoms with E-state index >= 15 is 0 Å². The third-order valence-corrected chi connectivity index (χ3v) is 1.31. The lowest BCUT2D eigenvalue weighted by atomic mass is 10.4. The molecule has 0 rings (SSSR count). The molecular formula is C6H10ClF2NO. The summed E-state index contributed by atoms with van der Waals surface area (Å²) < 4.78 is 24.1. The number of hydrogen-bond donors (Lipinski definition) is 0. The molecule has 5 heteroatoms. The predicted octanol–water partition coefficient (Wildman–Crippen LogP) is 1.69. The van der Waals surface area contributed by atoms with E-state index in [1.165, 1.54) is 7.05 Å². The Morgan fingerprint density at radius 3 is 2.36 bits per heavy atom. The molecule has 0 aliphatic carbocycles. The molecule has 0 saturated carbocycles. The Balaban J connectivity index is 4.03. The van der Waals surface area contributed by atoms with Crippen molar-refractivity contribution in [2.24, 2.45) is 0 Å². The third-order valence-electron chi connectivity index (χ3n) is 1.15. The maximum absolute atomic E-state index is 12.1. The van der Waals surface area contributed by atoms with E-state index in [-0.39, 0.29) is 0 Å². The second-order valence-electron chi connectivity index (χ2n) is 2.22. The molecule has 11 heavy (non-hydrogen) atoms. The van der Waals surface area contributed by atoms with Gasteiger partial charge in [0.1, 0.15) is 0 Å². The zero-order chi connectivity index (χ0) is 9.07. The third kappa shape index (κ3) is 3.51. The van der Waals surface area contributed by atoms with Crippen LogP contribution in [0.5, 0.6) is 0 Å². The highest BCUT2D eigenvalue weighted by molar-refractivity contribution is 6.32. The Bertz CT molecular complexity index is 146. The highest BCUT2D eigenvalue weighted by Crippen LogP contribution is 2.20. The van der Waals surface area contributed by atoms with Gasteiger partial charge in [-0.2, -0.15) is 8.78 Å². The monoisotopic (exact) mass is 185 g/mol. The van der Waals surface area contributed by atoms with Crippen LogP contribution in [0.15, 0.2) is 0 Å². The Morgan fingerprint density at radius 2 is 2.09 bits per heavy atom. The summed E-state index contributed by atoms with van der Waals surface area (Å²) >= 11 is 4.49. The summed E-state index contributed by atoms with van der Waals surface area (Å²) in [5.74, 6) is -1.35. The average molecular weight is 186 g/mol. The van der Waals surface area contributed by atoms with Crippen molar-refractivity contribution in [3.05, 3.63) is 0 Å². The Labute approximate surface area is 69.1 Å². The molecular weight excluding hydrogens is 176 g/mol. The van der Waals surface area contributed by atoms with Crippen molar-refractivity contribution >= 4 is 17.5 Å². The quantitative estimate of drug-likeness (QED) is 0.613. The van der Waals surface area contributed by atoms with Gasteiger partial charge in [0.05, 0.1) is 0 Å². The SMILES string of the molecule is CCCN(C)C(=O)C(F)(F)Cl. The molecule has 0 unspecified atom stereocenters. The number of hydrogen-bond acceptors (Lipinski definition) is 1. The maximum Gasteiger partial charge on any atom is 0.399 e. The number of rotatable bonds is 3. The van der Waals surface area contributed by atoms with Gasteiger partial charge in [0.25, 0.3) is 0 Å². The molecule has 0 aliphatic rings. The summed E-state index contributed by atoms with van der Waals surface area (Å²) in [6.07, 6.45) is 0.634. The van der Waals surface area contributed by atoms with E-state index in [4.69, 9.17) is 0 Å². The molecule has 0 aromatic heterocycles. The second-order valence-corrected chi connectivity index (χ2v) is 2.70. The summed E-state index contributed by atoms with van der Waals surface area (Å²) in [5, 5.41) is -3.76. The standard InChI is InChI=1S/C6H10ClF2NO/c1-3-4-10(2)5(11)6(7,8)9/h3-4H2,1-2H3. The first kappa shape index (κ1) is 10.6. The van der Waals surface area contributed by atoms with Crippen molar-refractivity contribution in [3.63, 3.8) is 0 Å². The first-order valence-corrected chi connectivity index (χ1v) is 3.59. The van der Waals surface area contributed by atoms with Crippen LogP contribution in [0.3, 0.4) is 0 Å². The van der Waals surface area contributed by atoms with E-state index in [0.29, 0.717) is 13.0 Å². The lowest BCUT2D eigenvalue weighted by molar-refractivity contribution is -0.145. The fourth-order valence-corrected chi connectivity index (χ4v) is 0.798. The molecule has 1 amide bonds. The fraction of sp³-hybridized carbons (Fsp3) is 0.833. The molecule has 0 heterocycles. The molecule has 0 spiro atoms. The van der Waals surface area contributed by atoms with Crippen LogP contribution in [0.4, 0.5) is 8.78 Å². The van der Waals surface area contributed by atoms with Crippen LogP contribution in [0, 0.1) is 0 Å². The summed E-state index contributed by atoms with van der Waals surface area (Å²) in [5.41, 5.74) is 0. The molecule has 0 atom stereocenters. The van der Waals surface area contributed by atoms with Gasteiger partial charge in [0.15, 0.2) is 0 Å². The molecule has 0 N–H and O–H groups in total. The number of halogens is 3. The zero-order valence-corrected chi connectivity index (χ0v) is 7.16. The van der Waals surface area contributed by atoms with Gasteiger partial charge >= 0.3 is 11.3 Å². The van der Waals surface area contributed by atoms with Crippen molar-refractivity contribution < 1.29 is 13.6 Å². The maximum atomic E-state index is 12.1. The largest absolute Gasteiger partial charge is 0.399 e. The Hall–Kier alpha value is -0.380. The van der Waals surface area contributed by atoms with Crippen LogP contribution >= 0.6 is 11.6 Å². The fourth-order valence-electron chi connectivity index (χ4n) is 0.653. The van der Waals surface area contributed by atoms with Gasteiger partial charge in [-0.05, 0) is 18.0 Å². The number of carbonyl (C=O) groups excluding carboxylic acids is 1. The van der Waals surface area contributed by atoms with Crippen LogP contribution in [0.1, 0.15) is 13.3 Å². The van der Waals surface area contributed by atoms with Crippen molar-refractivity contribution in [1.82, 2.24) is 4.90 Å². The molecule has 0 aliphatic heterocycles. The summed E-state index contributed by atoms with van der Waals surface area (Å²) in [6.45, 7) is 2.08. The van der Waals surface area contributed by atoms with Crippen LogP contribution in [0.2, 0.25) is 0 Å². The van der Waals surface area contributed by atoms with Crippen molar-refractivity contribution in [3.8, 4) is 0 Å². The van der Waals surface area contributed by atoms with Crippen LogP contribution in [-0.4, -0.2) is 29.8 Å². The van der Waals surface area contributed by atoms with Crippen LogP contribution < -0.4 is 0 Å². The van der Waals surface area contributed by atoms with E-state index in [1.54, 1.807) is 6.92 Å². The van der Waals surface area contributed by atoms with Crippen molar-refractivity contribution in [1.29, 1.82) is 0 Å². The van der Waals surface area contributed by atoms with Crippen molar-refractivity contribution in [2.45, 2.75) is 18.7 Å². The molecule has 0 fully saturated rings. The minimum Gasteiger partial charge on any atom is -0.339 e. The Morgan fingerprint density at radius 1 is 1.64 bits per heavy atom. The lowest BCUT2D eigenvalue weighted by Crippen LogP contribution is -2.38. The normalized spacial score (nSPS) is 11.4. The minimum absolute atomic E-state index is 0.293. The zero-order valence-electron chi connectivity index (χ0n) is 6.40. The van der Waals surface area contributed by atoms with E-state index in [0.717, 1.165) is 4.90 Å². The van der Waals surface area contributed by atoms with Crippen LogP contribution in [-0.2, 0) is 4.79 Å². The predicted molar refractivity (Wildman–Crippen MR) is 38.7 cm³/mol. The molecule has 66 valence electrons. The summed E-state index contributed by atoms with van der Waals surface area (Å²) in [6, 6.07) is 0. The number of alkyl halides is 3. The number of nitrogens with zero attached hydrogens (tertiary/aromatic N) is 1. The summed E-state index contributed by atoms with van der Waals surface area (Å²) in [7, 11) is 1.29. The smallest absolute Gasteiger partial charge is 0.339 e. The van der Waals surface area contributed by atoms with Gasteiger partial charge in [-0.3, -0.25) is 4.79 Å². The van der Waals surface area contributed by atoms with Gasteiger partial charge in [-0.1, -0.05) is 6.92 Å². The van der Waals surface area contributed by atoms with E-state index < -0.39 is 11.3 Å². The molecule has 0 aromatic rings. The van der Waals surface area contributed by atoms with E-state index in [9.17, 15) is 13.6 Å².